The van der Waals surface area contributed by atoms with Crippen LogP contribution in [0.15, 0.2) is 63.3 Å². The Bertz CT molecular complexity index is 1120. The van der Waals surface area contributed by atoms with Gasteiger partial charge in [0.15, 0.2) is 5.13 Å². The van der Waals surface area contributed by atoms with E-state index < -0.39 is 10.0 Å². The van der Waals surface area contributed by atoms with Crippen molar-refractivity contribution in [3.8, 4) is 0 Å². The predicted molar refractivity (Wildman–Crippen MR) is 130 cm³/mol. The van der Waals surface area contributed by atoms with Crippen molar-refractivity contribution < 1.29 is 8.42 Å². The quantitative estimate of drug-likeness (QED) is 0.442. The van der Waals surface area contributed by atoms with Crippen molar-refractivity contribution in [3.63, 3.8) is 0 Å². The Morgan fingerprint density at radius 3 is 2.35 bits per heavy atom. The van der Waals surface area contributed by atoms with Crippen LogP contribution >= 0.6 is 27.3 Å². The Kier molecular flexibility index (Phi) is 7.11. The number of aromatic nitrogens is 1. The molecule has 4 rings (SSSR count). The van der Waals surface area contributed by atoms with E-state index in [-0.39, 0.29) is 0 Å². The van der Waals surface area contributed by atoms with Gasteiger partial charge in [-0.1, -0.05) is 49.7 Å². The van der Waals surface area contributed by atoms with E-state index in [2.05, 4.69) is 57.4 Å². The molecule has 0 N–H and O–H groups in total. The molecule has 0 unspecified atom stereocenters. The normalized spacial score (nSPS) is 15.4. The van der Waals surface area contributed by atoms with Gasteiger partial charge in [-0.3, -0.25) is 0 Å². The molecule has 0 amide bonds. The number of thiazole rings is 1. The van der Waals surface area contributed by atoms with Crippen LogP contribution in [0.2, 0.25) is 0 Å². The van der Waals surface area contributed by atoms with E-state index in [4.69, 9.17) is 4.98 Å². The molecule has 31 heavy (non-hydrogen) atoms. The third kappa shape index (κ3) is 5.19. The smallest absolute Gasteiger partial charge is 0.244 e. The zero-order valence-electron chi connectivity index (χ0n) is 17.5. The third-order valence-electron chi connectivity index (χ3n) is 5.45. The average Bonchev–Trinajstić information content (AvgIpc) is 3.24. The van der Waals surface area contributed by atoms with Crippen LogP contribution in [0, 0.1) is 0 Å². The molecule has 1 saturated heterocycles. The second-order valence-electron chi connectivity index (χ2n) is 7.69. The van der Waals surface area contributed by atoms with Gasteiger partial charge < -0.3 is 4.90 Å². The maximum atomic E-state index is 13.0. The first-order chi connectivity index (χ1) is 15.0. The summed E-state index contributed by atoms with van der Waals surface area (Å²) in [6, 6.07) is 15.8. The van der Waals surface area contributed by atoms with Gasteiger partial charge in [-0.2, -0.15) is 4.31 Å². The maximum Gasteiger partial charge on any atom is 0.244 e. The molecule has 1 aliphatic rings. The third-order valence-corrected chi connectivity index (χ3v) is 9.31. The van der Waals surface area contributed by atoms with Gasteiger partial charge in [0.25, 0.3) is 0 Å². The first-order valence-electron chi connectivity index (χ1n) is 10.5. The summed E-state index contributed by atoms with van der Waals surface area (Å²) >= 11 is 5.00. The van der Waals surface area contributed by atoms with Gasteiger partial charge >= 0.3 is 0 Å². The molecule has 2 heterocycles. The van der Waals surface area contributed by atoms with Gasteiger partial charge in [0.05, 0.1) is 10.6 Å². The van der Waals surface area contributed by atoms with E-state index in [1.807, 2.05) is 6.07 Å². The summed E-state index contributed by atoms with van der Waals surface area (Å²) in [4.78, 5) is 7.33. The number of benzene rings is 2. The van der Waals surface area contributed by atoms with Crippen LogP contribution in [-0.2, 0) is 22.9 Å². The van der Waals surface area contributed by atoms with Gasteiger partial charge in [-0.25, -0.2) is 13.4 Å². The van der Waals surface area contributed by atoms with Crippen molar-refractivity contribution in [3.05, 3.63) is 75.2 Å². The molecule has 164 valence electrons. The van der Waals surface area contributed by atoms with E-state index in [0.717, 1.165) is 30.1 Å². The van der Waals surface area contributed by atoms with Crippen LogP contribution in [0.1, 0.15) is 30.2 Å². The largest absolute Gasteiger partial charge is 0.345 e. The van der Waals surface area contributed by atoms with E-state index in [0.29, 0.717) is 35.5 Å². The molecular formula is C23H26BrN3O2S2. The van der Waals surface area contributed by atoms with Crippen LogP contribution in [0.3, 0.4) is 0 Å². The zero-order chi connectivity index (χ0) is 21.8. The number of aryl methyl sites for hydroxylation is 1. The summed E-state index contributed by atoms with van der Waals surface area (Å²) in [5.74, 6) is 0. The van der Waals surface area contributed by atoms with Crippen LogP contribution < -0.4 is 4.90 Å². The SMILES string of the molecule is CCCc1ccc(Cc2csc(N3CCN(S(=O)(=O)c4ccccc4Br)CC3)n2)cc1. The minimum Gasteiger partial charge on any atom is -0.345 e. The Labute approximate surface area is 196 Å². The minimum absolute atomic E-state index is 0.324. The molecular weight excluding hydrogens is 494 g/mol. The van der Waals surface area contributed by atoms with Crippen molar-refractivity contribution in [1.29, 1.82) is 0 Å². The first kappa shape index (κ1) is 22.5. The molecule has 1 aromatic heterocycles. The number of nitrogens with zero attached hydrogens (tertiary/aromatic N) is 3. The monoisotopic (exact) mass is 519 g/mol. The second-order valence-corrected chi connectivity index (χ2v) is 11.3. The lowest BCUT2D eigenvalue weighted by Crippen LogP contribution is -2.48. The highest BCUT2D eigenvalue weighted by atomic mass is 79.9. The molecule has 0 radical (unpaired) electrons. The highest BCUT2D eigenvalue weighted by molar-refractivity contribution is 9.10. The Balaban J connectivity index is 1.37. The molecule has 0 aliphatic carbocycles. The molecule has 0 saturated carbocycles. The van der Waals surface area contributed by atoms with E-state index >= 15 is 0 Å². The molecule has 8 heteroatoms. The average molecular weight is 521 g/mol. The van der Waals surface area contributed by atoms with Crippen LogP contribution in [0.5, 0.6) is 0 Å². The standard InChI is InChI=1S/C23H26BrN3O2S2/c1-2-5-18-8-10-19(11-9-18)16-20-17-30-23(25-20)26-12-14-27(15-13-26)31(28,29)22-7-4-3-6-21(22)24/h3-4,6-11,17H,2,5,12-16H2,1H3. The summed E-state index contributed by atoms with van der Waals surface area (Å²) in [6.45, 7) is 4.39. The lowest BCUT2D eigenvalue weighted by Gasteiger charge is -2.34. The van der Waals surface area contributed by atoms with Crippen molar-refractivity contribution in [2.45, 2.75) is 31.1 Å². The lowest BCUT2D eigenvalue weighted by molar-refractivity contribution is 0.384. The van der Waals surface area contributed by atoms with Gasteiger partial charge in [0.2, 0.25) is 10.0 Å². The zero-order valence-corrected chi connectivity index (χ0v) is 20.7. The van der Waals surface area contributed by atoms with Crippen molar-refractivity contribution >= 4 is 42.4 Å². The summed E-state index contributed by atoms with van der Waals surface area (Å²) < 4.78 is 28.1. The summed E-state index contributed by atoms with van der Waals surface area (Å²) in [7, 11) is -3.50. The fourth-order valence-corrected chi connectivity index (χ4v) is 7.02. The van der Waals surface area contributed by atoms with E-state index in [1.54, 1.807) is 33.8 Å². The molecule has 2 aromatic carbocycles. The molecule has 1 fully saturated rings. The number of sulfonamides is 1. The highest BCUT2D eigenvalue weighted by Gasteiger charge is 2.30. The first-order valence-corrected chi connectivity index (χ1v) is 13.6. The molecule has 0 atom stereocenters. The van der Waals surface area contributed by atoms with Gasteiger partial charge in [-0.05, 0) is 45.6 Å². The fraction of sp³-hybridized carbons (Fsp3) is 0.348. The van der Waals surface area contributed by atoms with Crippen molar-refractivity contribution in [1.82, 2.24) is 9.29 Å². The second kappa shape index (κ2) is 9.81. The van der Waals surface area contributed by atoms with Crippen LogP contribution in [0.4, 0.5) is 5.13 Å². The molecule has 3 aromatic rings. The van der Waals surface area contributed by atoms with E-state index in [1.165, 1.54) is 11.1 Å². The maximum absolute atomic E-state index is 13.0. The van der Waals surface area contributed by atoms with Gasteiger partial charge in [-0.15, -0.1) is 11.3 Å². The number of halogens is 1. The van der Waals surface area contributed by atoms with Crippen LogP contribution in [-0.4, -0.2) is 43.9 Å². The fourth-order valence-electron chi connectivity index (χ4n) is 3.76. The number of anilines is 1. The molecule has 1 aliphatic heterocycles. The highest BCUT2D eigenvalue weighted by Crippen LogP contribution is 2.28. The van der Waals surface area contributed by atoms with Gasteiger partial charge in [0.1, 0.15) is 0 Å². The van der Waals surface area contributed by atoms with Crippen LogP contribution in [0.25, 0.3) is 0 Å². The predicted octanol–water partition coefficient (Wildman–Crippen LogP) is 4.96. The number of hydrogen-bond donors (Lipinski definition) is 0. The molecule has 0 spiro atoms. The molecule has 0 bridgehead atoms. The Hall–Kier alpha value is -1.74. The van der Waals surface area contributed by atoms with Crippen molar-refractivity contribution in [2.75, 3.05) is 31.1 Å². The lowest BCUT2D eigenvalue weighted by atomic mass is 10.1. The summed E-state index contributed by atoms with van der Waals surface area (Å²) in [5.41, 5.74) is 3.70. The van der Waals surface area contributed by atoms with E-state index in [9.17, 15) is 8.42 Å². The Morgan fingerprint density at radius 1 is 1.00 bits per heavy atom. The number of hydrogen-bond acceptors (Lipinski definition) is 5. The summed E-state index contributed by atoms with van der Waals surface area (Å²) in [5, 5.41) is 3.08. The molecule has 5 nitrogen and oxygen atoms in total. The minimum atomic E-state index is -3.50. The number of rotatable bonds is 7. The topological polar surface area (TPSA) is 53.5 Å². The Morgan fingerprint density at radius 2 is 1.68 bits per heavy atom. The van der Waals surface area contributed by atoms with Gasteiger partial charge in [0, 0.05) is 42.5 Å². The summed E-state index contributed by atoms with van der Waals surface area (Å²) in [6.07, 6.45) is 3.09. The van der Waals surface area contributed by atoms with Crippen molar-refractivity contribution in [2.24, 2.45) is 0 Å². The number of piperazine rings is 1.